The van der Waals surface area contributed by atoms with E-state index in [0.717, 1.165) is 0 Å². The van der Waals surface area contributed by atoms with E-state index in [9.17, 15) is 13.2 Å². The van der Waals surface area contributed by atoms with E-state index in [1.165, 1.54) is 6.07 Å². The van der Waals surface area contributed by atoms with Crippen LogP contribution in [0.15, 0.2) is 24.3 Å². The fourth-order valence-electron chi connectivity index (χ4n) is 0.736. The van der Waals surface area contributed by atoms with Crippen LogP contribution in [-0.2, 0) is 10.1 Å². The maximum Gasteiger partial charge on any atom is 0.266 e. The van der Waals surface area contributed by atoms with Gasteiger partial charge >= 0.3 is 0 Å². The van der Waals surface area contributed by atoms with Crippen molar-refractivity contribution in [3.05, 3.63) is 29.8 Å². The van der Waals surface area contributed by atoms with Crippen molar-refractivity contribution in [3.63, 3.8) is 0 Å². The Morgan fingerprint density at radius 1 is 1.31 bits per heavy atom. The minimum absolute atomic E-state index is 0.0289. The van der Waals surface area contributed by atoms with Crippen LogP contribution < -0.4 is 5.73 Å². The van der Waals surface area contributed by atoms with Crippen molar-refractivity contribution in [2.75, 3.05) is 12.3 Å². The Kier molecular flexibility index (Phi) is 6.31. The number of phenols is 1. The first-order valence-corrected chi connectivity index (χ1v) is 5.90. The molecule has 0 aliphatic heterocycles. The van der Waals surface area contributed by atoms with Gasteiger partial charge in [-0.25, -0.2) is 0 Å². The summed E-state index contributed by atoms with van der Waals surface area (Å²) < 4.78 is 27.3. The normalized spacial score (nSPS) is 10.1. The highest BCUT2D eigenvalue weighted by Gasteiger charge is 1.98. The number of aldehydes is 1. The summed E-state index contributed by atoms with van der Waals surface area (Å²) >= 11 is 0. The molecular weight excluding hydrogens is 234 g/mol. The third-order valence-electron chi connectivity index (χ3n) is 1.44. The van der Waals surface area contributed by atoms with Crippen molar-refractivity contribution in [2.45, 2.75) is 0 Å². The average Bonchev–Trinajstić information content (AvgIpc) is 2.17. The number of benzene rings is 1. The first-order valence-electron chi connectivity index (χ1n) is 4.29. The van der Waals surface area contributed by atoms with Gasteiger partial charge in [0, 0.05) is 6.54 Å². The summed E-state index contributed by atoms with van der Waals surface area (Å²) in [5, 5.41) is 8.88. The average molecular weight is 247 g/mol. The molecule has 0 heterocycles. The Bertz CT molecular complexity index is 429. The molecule has 0 amide bonds. The van der Waals surface area contributed by atoms with Crippen LogP contribution in [0.4, 0.5) is 0 Å². The zero-order valence-corrected chi connectivity index (χ0v) is 9.22. The molecule has 1 aromatic carbocycles. The Labute approximate surface area is 93.5 Å². The zero-order chi connectivity index (χ0) is 12.6. The molecule has 0 atom stereocenters. The van der Waals surface area contributed by atoms with Crippen molar-refractivity contribution in [3.8, 4) is 5.75 Å². The highest BCUT2D eigenvalue weighted by atomic mass is 32.2. The van der Waals surface area contributed by atoms with Crippen molar-refractivity contribution in [1.82, 2.24) is 0 Å². The number of rotatable bonds is 3. The number of aromatic hydroxyl groups is 1. The Hall–Kier alpha value is -1.44. The summed E-state index contributed by atoms with van der Waals surface area (Å²) in [5.74, 6) is -0.319. The van der Waals surface area contributed by atoms with Gasteiger partial charge < -0.3 is 10.8 Å². The summed E-state index contributed by atoms with van der Waals surface area (Å²) in [7, 11) is -3.80. The molecule has 0 unspecified atom stereocenters. The van der Waals surface area contributed by atoms with Crippen molar-refractivity contribution >= 4 is 16.4 Å². The number of hydrogen-bond acceptors (Lipinski definition) is 5. The van der Waals surface area contributed by atoms with Crippen molar-refractivity contribution < 1.29 is 22.9 Å². The van der Waals surface area contributed by atoms with Gasteiger partial charge in [0.1, 0.15) is 5.75 Å². The van der Waals surface area contributed by atoms with E-state index in [4.69, 9.17) is 15.4 Å². The molecule has 1 aromatic rings. The predicted octanol–water partition coefficient (Wildman–Crippen LogP) is 0.0376. The van der Waals surface area contributed by atoms with Crippen LogP contribution in [0.2, 0.25) is 0 Å². The molecule has 0 aliphatic carbocycles. The molecule has 1 rings (SSSR count). The van der Waals surface area contributed by atoms with Gasteiger partial charge in [0.15, 0.2) is 6.29 Å². The first kappa shape index (κ1) is 14.6. The molecule has 0 aromatic heterocycles. The van der Waals surface area contributed by atoms with Gasteiger partial charge in [0.05, 0.1) is 11.3 Å². The number of nitrogens with two attached hydrogens (primary N) is 1. The van der Waals surface area contributed by atoms with E-state index in [1.807, 2.05) is 0 Å². The number of carbonyl (C=O) groups excluding carboxylic acids is 1. The van der Waals surface area contributed by atoms with Crippen molar-refractivity contribution in [2.24, 2.45) is 5.73 Å². The summed E-state index contributed by atoms with van der Waals surface area (Å²) in [4.78, 5) is 10.1. The maximum absolute atomic E-state index is 10.1. The molecule has 0 fully saturated rings. The van der Waals surface area contributed by atoms with E-state index >= 15 is 0 Å². The lowest BCUT2D eigenvalue weighted by Crippen LogP contribution is -2.13. The lowest BCUT2D eigenvalue weighted by Gasteiger charge is -1.91. The van der Waals surface area contributed by atoms with Crippen LogP contribution in [0.5, 0.6) is 5.75 Å². The molecule has 0 radical (unpaired) electrons. The third-order valence-corrected chi connectivity index (χ3v) is 2.19. The van der Waals surface area contributed by atoms with Gasteiger partial charge in [-0.15, -0.1) is 0 Å². The van der Waals surface area contributed by atoms with E-state index in [1.54, 1.807) is 18.2 Å². The fourth-order valence-corrected chi connectivity index (χ4v) is 1.03. The quantitative estimate of drug-likeness (QED) is 0.512. The van der Waals surface area contributed by atoms with Gasteiger partial charge in [0.2, 0.25) is 0 Å². The largest absolute Gasteiger partial charge is 0.507 e. The summed E-state index contributed by atoms with van der Waals surface area (Å²) in [6, 6.07) is 6.40. The van der Waals surface area contributed by atoms with E-state index in [0.29, 0.717) is 11.8 Å². The van der Waals surface area contributed by atoms with Crippen molar-refractivity contribution in [1.29, 1.82) is 0 Å². The van der Waals surface area contributed by atoms with Gasteiger partial charge in [-0.3, -0.25) is 9.35 Å². The first-order chi connectivity index (χ1) is 7.40. The van der Waals surface area contributed by atoms with E-state index in [-0.39, 0.29) is 18.0 Å². The molecular formula is C9H13NO5S. The van der Waals surface area contributed by atoms with Crippen LogP contribution in [0.3, 0.4) is 0 Å². The molecule has 0 saturated carbocycles. The smallest absolute Gasteiger partial charge is 0.266 e. The summed E-state index contributed by atoms with van der Waals surface area (Å²) in [6.07, 6.45) is 0.620. The number of carbonyl (C=O) groups is 1. The van der Waals surface area contributed by atoms with Gasteiger partial charge in [-0.2, -0.15) is 8.42 Å². The maximum atomic E-state index is 10.1. The molecule has 16 heavy (non-hydrogen) atoms. The fraction of sp³-hybridized carbons (Fsp3) is 0.222. The summed E-state index contributed by atoms with van der Waals surface area (Å²) in [5.41, 5.74) is 5.11. The van der Waals surface area contributed by atoms with Crippen LogP contribution >= 0.6 is 0 Å². The molecule has 0 aliphatic rings. The van der Waals surface area contributed by atoms with Crippen LogP contribution in [0, 0.1) is 0 Å². The van der Waals surface area contributed by atoms with Gasteiger partial charge in [0.25, 0.3) is 10.1 Å². The van der Waals surface area contributed by atoms with E-state index in [2.05, 4.69) is 0 Å². The standard InChI is InChI=1S/C7H6O2.C2H7NO3S/c8-5-6-3-1-2-4-7(6)9;3-1-2-7(4,5)6/h1-5,9H;1-3H2,(H,4,5,6). The summed E-state index contributed by atoms with van der Waals surface area (Å²) in [6.45, 7) is -0.0289. The number of phenolic OH excluding ortho intramolecular Hbond substituents is 1. The van der Waals surface area contributed by atoms with Crippen LogP contribution in [-0.4, -0.2) is 36.7 Å². The highest BCUT2D eigenvalue weighted by Crippen LogP contribution is 2.11. The lowest BCUT2D eigenvalue weighted by atomic mass is 10.2. The Balaban J connectivity index is 0.000000293. The Morgan fingerprint density at radius 2 is 1.88 bits per heavy atom. The second kappa shape index (κ2) is 6.94. The predicted molar refractivity (Wildman–Crippen MR) is 59.0 cm³/mol. The number of hydrogen-bond donors (Lipinski definition) is 3. The molecule has 7 heteroatoms. The minimum Gasteiger partial charge on any atom is -0.507 e. The topological polar surface area (TPSA) is 118 Å². The lowest BCUT2D eigenvalue weighted by molar-refractivity contribution is 0.112. The van der Waals surface area contributed by atoms with Gasteiger partial charge in [-0.05, 0) is 12.1 Å². The second-order valence-electron chi connectivity index (χ2n) is 2.75. The zero-order valence-electron chi connectivity index (χ0n) is 8.41. The molecule has 0 bridgehead atoms. The van der Waals surface area contributed by atoms with Crippen LogP contribution in [0.25, 0.3) is 0 Å². The molecule has 6 nitrogen and oxygen atoms in total. The molecule has 90 valence electrons. The molecule has 0 saturated heterocycles. The van der Waals surface area contributed by atoms with E-state index < -0.39 is 10.1 Å². The Morgan fingerprint density at radius 3 is 2.12 bits per heavy atom. The highest BCUT2D eigenvalue weighted by molar-refractivity contribution is 7.85. The second-order valence-corrected chi connectivity index (χ2v) is 4.32. The SMILES string of the molecule is NCCS(=O)(=O)O.O=Cc1ccccc1O. The third kappa shape index (κ3) is 6.93. The minimum atomic E-state index is -3.80. The number of para-hydroxylation sites is 1. The van der Waals surface area contributed by atoms with Crippen LogP contribution in [0.1, 0.15) is 10.4 Å². The monoisotopic (exact) mass is 247 g/mol. The molecule has 0 spiro atoms. The molecule has 4 N–H and O–H groups in total. The van der Waals surface area contributed by atoms with Gasteiger partial charge in [-0.1, -0.05) is 12.1 Å².